The van der Waals surface area contributed by atoms with Crippen molar-refractivity contribution < 1.29 is 30.0 Å². The summed E-state index contributed by atoms with van der Waals surface area (Å²) in [5.74, 6) is 0.244. The summed E-state index contributed by atoms with van der Waals surface area (Å²) in [7, 11) is 0. The minimum Gasteiger partial charge on any atom is -0.504 e. The fourth-order valence-electron chi connectivity index (χ4n) is 5.88. The predicted molar refractivity (Wildman–Crippen MR) is 169 cm³/mol. The summed E-state index contributed by atoms with van der Waals surface area (Å²) in [6.45, 7) is 2.06. The quantitative estimate of drug-likeness (QED) is 0.107. The molecule has 3 atom stereocenters. The molecular weight excluding hydrogens is 560 g/mol. The molecule has 0 spiro atoms. The number of benzene rings is 2. The third-order valence-corrected chi connectivity index (χ3v) is 8.23. The zero-order valence-electron chi connectivity index (χ0n) is 25.0. The number of ketones is 1. The molecule has 3 heterocycles. The minimum absolute atomic E-state index is 0.00459. The number of rotatable bonds is 15. The number of aliphatic hydroxyl groups excluding tert-OH is 3. The number of aromatic amines is 1. The molecule has 2 aromatic carbocycles. The highest BCUT2D eigenvalue weighted by molar-refractivity contribution is 5.83. The summed E-state index contributed by atoms with van der Waals surface area (Å²) in [6.07, 6.45) is 10.9. The molecule has 4 aromatic rings. The van der Waals surface area contributed by atoms with Crippen LogP contribution >= 0.6 is 0 Å². The van der Waals surface area contributed by atoms with E-state index in [0.29, 0.717) is 25.0 Å². The molecule has 44 heavy (non-hydrogen) atoms. The van der Waals surface area contributed by atoms with Crippen LogP contribution in [0.2, 0.25) is 0 Å². The highest BCUT2D eigenvalue weighted by atomic mass is 16.5. The third-order valence-electron chi connectivity index (χ3n) is 8.23. The number of phenols is 1. The van der Waals surface area contributed by atoms with E-state index < -0.39 is 12.2 Å². The van der Waals surface area contributed by atoms with Gasteiger partial charge in [-0.15, -0.1) is 0 Å². The number of nitrogens with two attached hydrogens (primary N) is 1. The molecule has 0 aliphatic carbocycles. The molecule has 0 radical (unpaired) electrons. The molecule has 0 saturated heterocycles. The first kappa shape index (κ1) is 31.3. The van der Waals surface area contributed by atoms with Gasteiger partial charge in [0.25, 0.3) is 0 Å². The number of hydrogen-bond acceptors (Lipinski definition) is 8. The Morgan fingerprint density at radius 3 is 2.77 bits per heavy atom. The monoisotopic (exact) mass is 602 g/mol. The highest BCUT2D eigenvalue weighted by Gasteiger charge is 2.20. The Balaban J connectivity index is 1.22. The van der Waals surface area contributed by atoms with Gasteiger partial charge in [-0.3, -0.25) is 4.79 Å². The Kier molecular flexibility index (Phi) is 10.1. The zero-order chi connectivity index (χ0) is 31.2. The van der Waals surface area contributed by atoms with Crippen molar-refractivity contribution in [2.24, 2.45) is 5.73 Å². The van der Waals surface area contributed by atoms with Gasteiger partial charge in [0.15, 0.2) is 18.2 Å². The third kappa shape index (κ3) is 7.34. The van der Waals surface area contributed by atoms with Crippen LogP contribution < -0.4 is 15.8 Å². The highest BCUT2D eigenvalue weighted by Crippen LogP contribution is 2.32. The zero-order valence-corrected chi connectivity index (χ0v) is 25.0. The van der Waals surface area contributed by atoms with Crippen LogP contribution in [0.1, 0.15) is 78.6 Å². The van der Waals surface area contributed by atoms with Crippen LogP contribution in [0.15, 0.2) is 55.1 Å². The second-order valence-corrected chi connectivity index (χ2v) is 11.6. The number of aliphatic hydroxyl groups is 3. The average Bonchev–Trinajstić information content (AvgIpc) is 3.57. The topological polar surface area (TPSA) is 166 Å². The van der Waals surface area contributed by atoms with Gasteiger partial charge >= 0.3 is 0 Å². The van der Waals surface area contributed by atoms with Gasteiger partial charge in [0, 0.05) is 43.2 Å². The number of aromatic nitrogens is 2. The molecule has 1 aliphatic heterocycles. The molecule has 0 amide bonds. The summed E-state index contributed by atoms with van der Waals surface area (Å²) in [5.41, 5.74) is 13.0. The molecule has 2 aromatic heterocycles. The Labute approximate surface area is 256 Å². The van der Waals surface area contributed by atoms with Gasteiger partial charge in [-0.05, 0) is 77.1 Å². The fourth-order valence-corrected chi connectivity index (χ4v) is 5.88. The molecule has 10 heteroatoms. The van der Waals surface area contributed by atoms with Crippen molar-refractivity contribution in [3.8, 4) is 11.5 Å². The molecular formula is C34H42N4O6. The van der Waals surface area contributed by atoms with E-state index in [1.807, 2.05) is 54.5 Å². The van der Waals surface area contributed by atoms with Gasteiger partial charge in [0.2, 0.25) is 0 Å². The number of carbonyl (C=O) groups excluding carboxylic acids is 1. The van der Waals surface area contributed by atoms with E-state index in [4.69, 9.17) is 10.5 Å². The number of nitrogens with zero attached hydrogens (tertiary/aromatic N) is 1. The van der Waals surface area contributed by atoms with Crippen LogP contribution in [0.5, 0.6) is 11.5 Å². The Hall–Kier alpha value is -4.09. The first-order valence-electron chi connectivity index (χ1n) is 15.2. The van der Waals surface area contributed by atoms with Crippen molar-refractivity contribution in [2.75, 3.05) is 0 Å². The lowest BCUT2D eigenvalue weighted by molar-refractivity contribution is -0.121. The van der Waals surface area contributed by atoms with Crippen LogP contribution in [0.3, 0.4) is 0 Å². The van der Waals surface area contributed by atoms with Crippen molar-refractivity contribution >= 4 is 22.8 Å². The maximum Gasteiger partial charge on any atom is 0.165 e. The fraction of sp³-hybridized carbons (Fsp3) is 0.382. The summed E-state index contributed by atoms with van der Waals surface area (Å²) < 4.78 is 7.86. The van der Waals surface area contributed by atoms with Crippen LogP contribution in [0.25, 0.3) is 17.0 Å². The molecule has 234 valence electrons. The van der Waals surface area contributed by atoms with E-state index in [0.717, 1.165) is 50.7 Å². The van der Waals surface area contributed by atoms with Gasteiger partial charge in [-0.2, -0.15) is 0 Å². The molecule has 0 fully saturated rings. The van der Waals surface area contributed by atoms with E-state index in [1.165, 1.54) is 0 Å². The largest absolute Gasteiger partial charge is 0.504 e. The Morgan fingerprint density at radius 2 is 1.98 bits per heavy atom. The molecule has 0 bridgehead atoms. The van der Waals surface area contributed by atoms with Crippen LogP contribution in [-0.2, 0) is 31.0 Å². The van der Waals surface area contributed by atoms with Gasteiger partial charge in [0.05, 0.1) is 24.3 Å². The lowest BCUT2D eigenvalue weighted by Crippen LogP contribution is -2.28. The number of nitrogens with one attached hydrogen (secondary N) is 2. The molecule has 0 saturated carbocycles. The van der Waals surface area contributed by atoms with Gasteiger partial charge in [0.1, 0.15) is 11.9 Å². The number of ether oxygens (including phenoxy) is 1. The number of phenolic OH excluding ortho intramolecular Hbond substituents is 1. The predicted octanol–water partition coefficient (Wildman–Crippen LogP) is 4.13. The summed E-state index contributed by atoms with van der Waals surface area (Å²) in [5, 5.41) is 44.6. The number of carbonyl (C=O) groups is 1. The standard InChI is InChI=1S/C34H42N4O6/c1-2-3-24(40)14-26(42)15-25(41)7-4-21-5-9-32(43)33(12-21)44-20-38-17-30-23(16-37-31(30)18-38)13-29-22(19-39)6-8-28-27(29)10-11-36-34(28)35/h5-6,8-12,16-18,24,26,34,36-37,39-40,42-43H,2-4,7,13-15,19-20,35H2,1H3. The average molecular weight is 603 g/mol. The number of hydrogen-bond donors (Lipinski definition) is 7. The maximum atomic E-state index is 12.4. The molecule has 8 N–H and O–H groups in total. The number of H-pyrrole nitrogens is 1. The Morgan fingerprint density at radius 1 is 1.14 bits per heavy atom. The smallest absolute Gasteiger partial charge is 0.165 e. The summed E-state index contributed by atoms with van der Waals surface area (Å²) in [4.78, 5) is 15.7. The second-order valence-electron chi connectivity index (χ2n) is 11.6. The molecule has 3 unspecified atom stereocenters. The first-order chi connectivity index (χ1) is 21.2. The SMILES string of the molecule is CCCC(O)CC(O)CC(=O)CCc1ccc(O)c(OCn2cc3[nH]cc(Cc4c(CO)ccc5c4C=CNC5N)c3c2)c1. The number of aryl methyl sites for hydroxylation is 1. The molecule has 10 nitrogen and oxygen atoms in total. The van der Waals surface area contributed by atoms with Crippen LogP contribution in [0, 0.1) is 0 Å². The van der Waals surface area contributed by atoms with Crippen molar-refractivity contribution in [2.45, 2.75) is 83.6 Å². The molecule has 5 rings (SSSR count). The Bertz CT molecular complexity index is 1620. The van der Waals surface area contributed by atoms with E-state index in [-0.39, 0.29) is 50.3 Å². The van der Waals surface area contributed by atoms with Crippen molar-refractivity contribution in [1.29, 1.82) is 0 Å². The van der Waals surface area contributed by atoms with E-state index in [1.54, 1.807) is 18.2 Å². The van der Waals surface area contributed by atoms with E-state index in [2.05, 4.69) is 10.3 Å². The van der Waals surface area contributed by atoms with Crippen molar-refractivity contribution in [1.82, 2.24) is 14.9 Å². The van der Waals surface area contributed by atoms with E-state index in [9.17, 15) is 25.2 Å². The van der Waals surface area contributed by atoms with Crippen molar-refractivity contribution in [3.05, 3.63) is 88.5 Å². The lowest BCUT2D eigenvalue weighted by Gasteiger charge is -2.23. The number of aromatic hydroxyl groups is 1. The summed E-state index contributed by atoms with van der Waals surface area (Å²) >= 11 is 0. The van der Waals surface area contributed by atoms with Gasteiger partial charge < -0.3 is 45.8 Å². The van der Waals surface area contributed by atoms with Crippen LogP contribution in [0.4, 0.5) is 0 Å². The van der Waals surface area contributed by atoms with Crippen LogP contribution in [-0.4, -0.2) is 48.0 Å². The summed E-state index contributed by atoms with van der Waals surface area (Å²) in [6, 6.07) is 8.92. The number of fused-ring (bicyclic) bond motifs is 2. The van der Waals surface area contributed by atoms with E-state index >= 15 is 0 Å². The maximum absolute atomic E-state index is 12.4. The second kappa shape index (κ2) is 14.1. The van der Waals surface area contributed by atoms with Gasteiger partial charge in [-0.25, -0.2) is 0 Å². The van der Waals surface area contributed by atoms with Crippen molar-refractivity contribution in [3.63, 3.8) is 0 Å². The lowest BCUT2D eigenvalue weighted by atomic mass is 9.89. The molecule has 1 aliphatic rings. The van der Waals surface area contributed by atoms with Gasteiger partial charge in [-0.1, -0.05) is 31.5 Å². The first-order valence-corrected chi connectivity index (χ1v) is 15.2. The minimum atomic E-state index is -0.849. The normalized spacial score (nSPS) is 15.6. The number of Topliss-reactive ketones (excluding diaryl/α,β-unsaturated/α-hetero) is 1.